The second kappa shape index (κ2) is 3.09. The zero-order chi connectivity index (χ0) is 11.1. The number of nitrogens with zero attached hydrogens (tertiary/aromatic N) is 3. The first-order valence-electron chi connectivity index (χ1n) is 4.90. The lowest BCUT2D eigenvalue weighted by Crippen LogP contribution is -2.20. The summed E-state index contributed by atoms with van der Waals surface area (Å²) < 4.78 is 2.04. The van der Waals surface area contributed by atoms with Crippen molar-refractivity contribution >= 4 is 11.0 Å². The van der Waals surface area contributed by atoms with Gasteiger partial charge < -0.3 is 4.57 Å². The second-order valence-corrected chi connectivity index (χ2v) is 4.57. The van der Waals surface area contributed by atoms with Crippen LogP contribution in [-0.2, 0) is 5.54 Å². The van der Waals surface area contributed by atoms with Gasteiger partial charge in [-0.05, 0) is 32.9 Å². The Morgan fingerprint density at radius 3 is 2.73 bits per heavy atom. The third-order valence-electron chi connectivity index (χ3n) is 2.41. The smallest absolute Gasteiger partial charge is 0.141 e. The number of rotatable bonds is 0. The van der Waals surface area contributed by atoms with Gasteiger partial charge in [0.25, 0.3) is 0 Å². The quantitative estimate of drug-likeness (QED) is 0.654. The largest absolute Gasteiger partial charge is 0.326 e. The third kappa shape index (κ3) is 1.48. The molecule has 2 aromatic heterocycles. The van der Waals surface area contributed by atoms with Crippen molar-refractivity contribution in [2.24, 2.45) is 0 Å². The van der Waals surface area contributed by atoms with Crippen LogP contribution in [0.25, 0.3) is 11.0 Å². The molecule has 3 nitrogen and oxygen atoms in total. The molecule has 15 heavy (non-hydrogen) atoms. The molecule has 3 heteroatoms. The summed E-state index contributed by atoms with van der Waals surface area (Å²) in [4.78, 5) is 4.33. The molecule has 2 rings (SSSR count). The van der Waals surface area contributed by atoms with E-state index in [1.54, 1.807) is 6.20 Å². The van der Waals surface area contributed by atoms with Crippen LogP contribution in [0.3, 0.4) is 0 Å². The molecule has 0 fully saturated rings. The molecular weight excluding hydrogens is 186 g/mol. The molecule has 0 aromatic carbocycles. The summed E-state index contributed by atoms with van der Waals surface area (Å²) in [6.45, 7) is 6.30. The van der Waals surface area contributed by atoms with Crippen molar-refractivity contribution < 1.29 is 0 Å². The molecule has 0 unspecified atom stereocenters. The van der Waals surface area contributed by atoms with Gasteiger partial charge in [-0.25, -0.2) is 4.98 Å². The highest BCUT2D eigenvalue weighted by Gasteiger charge is 2.18. The SMILES string of the molecule is CC(C)(C)n1cc(C#N)c2cccnc21. The molecule has 0 N–H and O–H groups in total. The van der Waals surface area contributed by atoms with Crippen LogP contribution in [0.2, 0.25) is 0 Å². The zero-order valence-electron chi connectivity index (χ0n) is 9.15. The summed E-state index contributed by atoms with van der Waals surface area (Å²) in [5.41, 5.74) is 1.51. The van der Waals surface area contributed by atoms with Gasteiger partial charge in [-0.15, -0.1) is 0 Å². The van der Waals surface area contributed by atoms with Crippen LogP contribution in [0.4, 0.5) is 0 Å². The minimum Gasteiger partial charge on any atom is -0.326 e. The Labute approximate surface area is 89.0 Å². The molecule has 76 valence electrons. The average molecular weight is 199 g/mol. The van der Waals surface area contributed by atoms with Gasteiger partial charge in [0.05, 0.1) is 5.56 Å². The summed E-state index contributed by atoms with van der Waals surface area (Å²) in [7, 11) is 0. The molecule has 0 saturated heterocycles. The van der Waals surface area contributed by atoms with E-state index in [-0.39, 0.29) is 5.54 Å². The van der Waals surface area contributed by atoms with Gasteiger partial charge >= 0.3 is 0 Å². The zero-order valence-corrected chi connectivity index (χ0v) is 9.15. The van der Waals surface area contributed by atoms with Gasteiger partial charge in [0, 0.05) is 23.3 Å². The van der Waals surface area contributed by atoms with E-state index in [1.165, 1.54) is 0 Å². The predicted octanol–water partition coefficient (Wildman–Crippen LogP) is 2.66. The molecule has 2 aromatic rings. The van der Waals surface area contributed by atoms with Crippen molar-refractivity contribution in [2.75, 3.05) is 0 Å². The van der Waals surface area contributed by atoms with Crippen LogP contribution >= 0.6 is 0 Å². The topological polar surface area (TPSA) is 41.6 Å². The van der Waals surface area contributed by atoms with E-state index in [1.807, 2.05) is 22.9 Å². The highest BCUT2D eigenvalue weighted by Crippen LogP contribution is 2.25. The first-order valence-corrected chi connectivity index (χ1v) is 4.90. The first kappa shape index (κ1) is 9.72. The van der Waals surface area contributed by atoms with E-state index in [2.05, 4.69) is 31.8 Å². The summed E-state index contributed by atoms with van der Waals surface area (Å²) in [6, 6.07) is 5.99. The number of hydrogen-bond acceptors (Lipinski definition) is 2. The minimum absolute atomic E-state index is 0.0539. The van der Waals surface area contributed by atoms with E-state index >= 15 is 0 Å². The molecule has 0 radical (unpaired) electrons. The highest BCUT2D eigenvalue weighted by atomic mass is 15.1. The fourth-order valence-corrected chi connectivity index (χ4v) is 1.66. The third-order valence-corrected chi connectivity index (χ3v) is 2.41. The molecule has 0 aliphatic heterocycles. The van der Waals surface area contributed by atoms with Crippen LogP contribution in [0.15, 0.2) is 24.5 Å². The Morgan fingerprint density at radius 2 is 2.13 bits per heavy atom. The van der Waals surface area contributed by atoms with Gasteiger partial charge in [0.1, 0.15) is 11.7 Å². The summed E-state index contributed by atoms with van der Waals surface area (Å²) >= 11 is 0. The van der Waals surface area contributed by atoms with Crippen LogP contribution in [-0.4, -0.2) is 9.55 Å². The number of aromatic nitrogens is 2. The number of fused-ring (bicyclic) bond motifs is 1. The molecule has 0 aliphatic carbocycles. The van der Waals surface area contributed by atoms with E-state index in [0.29, 0.717) is 5.56 Å². The standard InChI is InChI=1S/C12H13N3/c1-12(2,3)15-8-9(7-13)10-5-4-6-14-11(10)15/h4-6,8H,1-3H3. The van der Waals surface area contributed by atoms with Crippen LogP contribution in [0, 0.1) is 11.3 Å². The van der Waals surface area contributed by atoms with Gasteiger partial charge in [0.15, 0.2) is 0 Å². The lowest BCUT2D eigenvalue weighted by atomic mass is 10.1. The first-order chi connectivity index (χ1) is 7.04. The monoisotopic (exact) mass is 199 g/mol. The Kier molecular flexibility index (Phi) is 2.01. The maximum atomic E-state index is 9.02. The van der Waals surface area contributed by atoms with Gasteiger partial charge in [-0.1, -0.05) is 0 Å². The van der Waals surface area contributed by atoms with Crippen molar-refractivity contribution in [3.8, 4) is 6.07 Å². The summed E-state index contributed by atoms with van der Waals surface area (Å²) in [5, 5.41) is 9.95. The summed E-state index contributed by atoms with van der Waals surface area (Å²) in [6.07, 6.45) is 3.63. The fraction of sp³-hybridized carbons (Fsp3) is 0.333. The maximum absolute atomic E-state index is 9.02. The van der Waals surface area contributed by atoms with Crippen LogP contribution in [0.1, 0.15) is 26.3 Å². The average Bonchev–Trinajstić information content (AvgIpc) is 2.55. The molecule has 2 heterocycles. The van der Waals surface area contributed by atoms with Crippen LogP contribution in [0.5, 0.6) is 0 Å². The molecular formula is C12H13N3. The number of hydrogen-bond donors (Lipinski definition) is 0. The Balaban J connectivity index is 2.84. The van der Waals surface area contributed by atoms with Crippen molar-refractivity contribution in [2.45, 2.75) is 26.3 Å². The number of pyridine rings is 1. The van der Waals surface area contributed by atoms with Crippen molar-refractivity contribution in [3.05, 3.63) is 30.1 Å². The van der Waals surface area contributed by atoms with E-state index < -0.39 is 0 Å². The number of nitriles is 1. The van der Waals surface area contributed by atoms with E-state index in [4.69, 9.17) is 5.26 Å². The lowest BCUT2D eigenvalue weighted by molar-refractivity contribution is 0.408. The highest BCUT2D eigenvalue weighted by molar-refractivity contribution is 5.83. The fourth-order valence-electron chi connectivity index (χ4n) is 1.66. The normalized spacial score (nSPS) is 11.6. The molecule has 0 aliphatic rings. The van der Waals surface area contributed by atoms with Crippen molar-refractivity contribution in [3.63, 3.8) is 0 Å². The van der Waals surface area contributed by atoms with E-state index in [0.717, 1.165) is 11.0 Å². The van der Waals surface area contributed by atoms with Gasteiger partial charge in [0.2, 0.25) is 0 Å². The van der Waals surface area contributed by atoms with Crippen molar-refractivity contribution in [1.29, 1.82) is 5.26 Å². The molecule has 0 saturated carbocycles. The maximum Gasteiger partial charge on any atom is 0.141 e. The van der Waals surface area contributed by atoms with E-state index in [9.17, 15) is 0 Å². The predicted molar refractivity (Wildman–Crippen MR) is 59.4 cm³/mol. The lowest BCUT2D eigenvalue weighted by Gasteiger charge is -2.21. The second-order valence-electron chi connectivity index (χ2n) is 4.57. The Morgan fingerprint density at radius 1 is 1.40 bits per heavy atom. The molecule has 0 atom stereocenters. The Bertz CT molecular complexity index is 538. The van der Waals surface area contributed by atoms with Crippen LogP contribution < -0.4 is 0 Å². The van der Waals surface area contributed by atoms with Gasteiger partial charge in [-0.2, -0.15) is 5.26 Å². The molecule has 0 bridgehead atoms. The van der Waals surface area contributed by atoms with Crippen molar-refractivity contribution in [1.82, 2.24) is 9.55 Å². The van der Waals surface area contributed by atoms with Gasteiger partial charge in [-0.3, -0.25) is 0 Å². The summed E-state index contributed by atoms with van der Waals surface area (Å²) in [5.74, 6) is 0. The minimum atomic E-state index is -0.0539. The molecule has 0 amide bonds. The molecule has 0 spiro atoms. The Hall–Kier alpha value is -1.82.